The Bertz CT molecular complexity index is 266. The highest BCUT2D eigenvalue weighted by molar-refractivity contribution is 4.91. The predicted molar refractivity (Wildman–Crippen MR) is 85.1 cm³/mol. The average Bonchev–Trinajstić information content (AvgIpc) is 2.48. The highest BCUT2D eigenvalue weighted by Crippen LogP contribution is 2.30. The summed E-state index contributed by atoms with van der Waals surface area (Å²) in [5.74, 6) is 0.905. The van der Waals surface area contributed by atoms with Gasteiger partial charge in [0.1, 0.15) is 0 Å². The van der Waals surface area contributed by atoms with Crippen LogP contribution in [-0.2, 0) is 4.74 Å². The molecular weight excluding hydrogens is 248 g/mol. The summed E-state index contributed by atoms with van der Waals surface area (Å²) in [5, 5.41) is 3.81. The second kappa shape index (κ2) is 8.35. The molecule has 20 heavy (non-hydrogen) atoms. The number of ether oxygens (including phenoxy) is 1. The summed E-state index contributed by atoms with van der Waals surface area (Å²) in [7, 11) is 1.84. The van der Waals surface area contributed by atoms with Gasteiger partial charge in [0.25, 0.3) is 0 Å². The Hall–Kier alpha value is -0.120. The zero-order valence-corrected chi connectivity index (χ0v) is 13.7. The van der Waals surface area contributed by atoms with E-state index >= 15 is 0 Å². The fraction of sp³-hybridized carbons (Fsp3) is 1.00. The fourth-order valence-electron chi connectivity index (χ4n) is 4.04. The Labute approximate surface area is 125 Å². The van der Waals surface area contributed by atoms with Crippen molar-refractivity contribution >= 4 is 0 Å². The molecule has 0 aromatic heterocycles. The summed E-state index contributed by atoms with van der Waals surface area (Å²) in [4.78, 5) is 2.74. The number of rotatable bonds is 6. The highest BCUT2D eigenvalue weighted by atomic mass is 16.5. The molecule has 2 aliphatic rings. The fourth-order valence-corrected chi connectivity index (χ4v) is 4.04. The van der Waals surface area contributed by atoms with Crippen molar-refractivity contribution in [1.82, 2.24) is 10.2 Å². The summed E-state index contributed by atoms with van der Waals surface area (Å²) in [6.07, 6.45) is 10.1. The number of nitrogens with one attached hydrogen (secondary N) is 1. The lowest BCUT2D eigenvalue weighted by molar-refractivity contribution is 0.0159. The van der Waals surface area contributed by atoms with Crippen LogP contribution in [0.2, 0.25) is 0 Å². The molecule has 3 nitrogen and oxygen atoms in total. The average molecular weight is 282 g/mol. The second-order valence-corrected chi connectivity index (χ2v) is 6.86. The van der Waals surface area contributed by atoms with Gasteiger partial charge >= 0.3 is 0 Å². The van der Waals surface area contributed by atoms with E-state index in [1.165, 1.54) is 58.0 Å². The Balaban J connectivity index is 1.96. The second-order valence-electron chi connectivity index (χ2n) is 6.86. The molecular formula is C17H34N2O. The minimum Gasteiger partial charge on any atom is -0.380 e. The third-order valence-corrected chi connectivity index (χ3v) is 5.26. The first-order valence-electron chi connectivity index (χ1n) is 8.74. The lowest BCUT2D eigenvalue weighted by atomic mass is 9.82. The van der Waals surface area contributed by atoms with Crippen LogP contribution in [0.5, 0.6) is 0 Å². The molecule has 1 saturated carbocycles. The molecule has 1 N–H and O–H groups in total. The van der Waals surface area contributed by atoms with Crippen LogP contribution >= 0.6 is 0 Å². The first-order valence-corrected chi connectivity index (χ1v) is 8.74. The van der Waals surface area contributed by atoms with E-state index in [1.54, 1.807) is 0 Å². The van der Waals surface area contributed by atoms with Gasteiger partial charge in [0.15, 0.2) is 0 Å². The van der Waals surface area contributed by atoms with Gasteiger partial charge in [-0.2, -0.15) is 0 Å². The van der Waals surface area contributed by atoms with E-state index in [0.717, 1.165) is 18.5 Å². The molecule has 0 radical (unpaired) electrons. The van der Waals surface area contributed by atoms with E-state index in [9.17, 15) is 0 Å². The number of piperazine rings is 1. The molecule has 1 heterocycles. The van der Waals surface area contributed by atoms with Crippen LogP contribution < -0.4 is 5.32 Å². The van der Waals surface area contributed by atoms with Crippen LogP contribution in [-0.4, -0.2) is 49.8 Å². The molecule has 1 saturated heterocycles. The monoisotopic (exact) mass is 282 g/mol. The van der Waals surface area contributed by atoms with E-state index in [4.69, 9.17) is 4.74 Å². The van der Waals surface area contributed by atoms with Crippen molar-refractivity contribution in [2.24, 2.45) is 5.92 Å². The maximum absolute atomic E-state index is 5.52. The van der Waals surface area contributed by atoms with Crippen LogP contribution in [0, 0.1) is 5.92 Å². The molecule has 0 bridgehead atoms. The molecule has 2 fully saturated rings. The smallest absolute Gasteiger partial charge is 0.0670 e. The van der Waals surface area contributed by atoms with Gasteiger partial charge in [-0.3, -0.25) is 4.90 Å². The molecule has 3 atom stereocenters. The Morgan fingerprint density at radius 3 is 2.65 bits per heavy atom. The summed E-state index contributed by atoms with van der Waals surface area (Å²) in [6.45, 7) is 7.99. The lowest BCUT2D eigenvalue weighted by Gasteiger charge is -2.45. The largest absolute Gasteiger partial charge is 0.380 e. The van der Waals surface area contributed by atoms with Crippen molar-refractivity contribution in [3.63, 3.8) is 0 Å². The first kappa shape index (κ1) is 16.3. The van der Waals surface area contributed by atoms with E-state index in [2.05, 4.69) is 24.1 Å². The van der Waals surface area contributed by atoms with Gasteiger partial charge in [-0.05, 0) is 32.1 Å². The molecule has 3 heteroatoms. The third-order valence-electron chi connectivity index (χ3n) is 5.26. The molecule has 0 spiro atoms. The quantitative estimate of drug-likeness (QED) is 0.810. The van der Waals surface area contributed by atoms with Crippen LogP contribution in [0.15, 0.2) is 0 Å². The lowest BCUT2D eigenvalue weighted by Crippen LogP contribution is -2.60. The molecule has 1 aliphatic heterocycles. The zero-order chi connectivity index (χ0) is 14.4. The zero-order valence-electron chi connectivity index (χ0n) is 13.7. The van der Waals surface area contributed by atoms with Gasteiger partial charge in [-0.15, -0.1) is 0 Å². The van der Waals surface area contributed by atoms with E-state index in [0.29, 0.717) is 12.1 Å². The summed E-state index contributed by atoms with van der Waals surface area (Å²) in [6, 6.07) is 1.42. The topological polar surface area (TPSA) is 24.5 Å². The van der Waals surface area contributed by atoms with Crippen molar-refractivity contribution in [2.45, 2.75) is 77.0 Å². The Morgan fingerprint density at radius 2 is 2.00 bits per heavy atom. The van der Waals surface area contributed by atoms with Crippen LogP contribution in [0.4, 0.5) is 0 Å². The van der Waals surface area contributed by atoms with Crippen LogP contribution in [0.1, 0.15) is 58.8 Å². The van der Waals surface area contributed by atoms with Crippen molar-refractivity contribution in [2.75, 3.05) is 26.7 Å². The van der Waals surface area contributed by atoms with Crippen LogP contribution in [0.3, 0.4) is 0 Å². The van der Waals surface area contributed by atoms with Gasteiger partial charge in [0, 0.05) is 38.8 Å². The van der Waals surface area contributed by atoms with Gasteiger partial charge < -0.3 is 10.1 Å². The summed E-state index contributed by atoms with van der Waals surface area (Å²) >= 11 is 0. The number of methoxy groups -OCH3 is 1. The molecule has 2 rings (SSSR count). The first-order chi connectivity index (χ1) is 9.74. The third kappa shape index (κ3) is 4.44. The van der Waals surface area contributed by atoms with Crippen molar-refractivity contribution in [3.05, 3.63) is 0 Å². The van der Waals surface area contributed by atoms with Crippen molar-refractivity contribution in [1.29, 1.82) is 0 Å². The predicted octanol–water partition coefficient (Wildman–Crippen LogP) is 3.04. The van der Waals surface area contributed by atoms with Crippen molar-refractivity contribution < 1.29 is 4.74 Å². The number of hydrogen-bond acceptors (Lipinski definition) is 3. The molecule has 0 amide bonds. The number of hydrogen-bond donors (Lipinski definition) is 1. The minimum absolute atomic E-state index is 0.349. The molecule has 0 aromatic carbocycles. The van der Waals surface area contributed by atoms with Gasteiger partial charge in [0.05, 0.1) is 6.10 Å². The standard InChI is InChI=1S/C17H34N2O/c1-4-8-16-13-19(12-14(2)20-3)17(11-18-16)15-9-6-5-7-10-15/h14-18H,4-13H2,1-3H3. The van der Waals surface area contributed by atoms with E-state index < -0.39 is 0 Å². The number of nitrogens with zero attached hydrogens (tertiary/aromatic N) is 1. The minimum atomic E-state index is 0.349. The molecule has 1 aliphatic carbocycles. The van der Waals surface area contributed by atoms with Crippen molar-refractivity contribution in [3.8, 4) is 0 Å². The molecule has 0 aromatic rings. The van der Waals surface area contributed by atoms with E-state index in [1.807, 2.05) is 7.11 Å². The van der Waals surface area contributed by atoms with Gasteiger partial charge in [0.2, 0.25) is 0 Å². The molecule has 118 valence electrons. The normalized spacial score (nSPS) is 31.4. The van der Waals surface area contributed by atoms with Gasteiger partial charge in [-0.1, -0.05) is 32.6 Å². The van der Waals surface area contributed by atoms with Crippen LogP contribution in [0.25, 0.3) is 0 Å². The highest BCUT2D eigenvalue weighted by Gasteiger charge is 2.34. The summed E-state index contributed by atoms with van der Waals surface area (Å²) in [5.41, 5.74) is 0. The van der Waals surface area contributed by atoms with E-state index in [-0.39, 0.29) is 0 Å². The summed E-state index contributed by atoms with van der Waals surface area (Å²) < 4.78 is 5.52. The maximum atomic E-state index is 5.52. The Morgan fingerprint density at radius 1 is 1.25 bits per heavy atom. The molecule has 3 unspecified atom stereocenters. The maximum Gasteiger partial charge on any atom is 0.0670 e. The van der Waals surface area contributed by atoms with Gasteiger partial charge in [-0.25, -0.2) is 0 Å². The Kier molecular flexibility index (Phi) is 6.79. The SMILES string of the molecule is CCCC1CN(CC(C)OC)C(C2CCCCC2)CN1.